The maximum absolute atomic E-state index is 13.2. The number of carbonyl (C=O) groups excluding carboxylic acids is 3. The van der Waals surface area contributed by atoms with Crippen molar-refractivity contribution < 1.29 is 33.3 Å². The molecule has 1 spiro atoms. The van der Waals surface area contributed by atoms with Gasteiger partial charge in [-0.15, -0.1) is 6.58 Å². The predicted molar refractivity (Wildman–Crippen MR) is 96.2 cm³/mol. The number of hydrogen-bond acceptors (Lipinski definition) is 7. The fraction of sp³-hybridized carbons (Fsp3) is 0.571. The molecule has 2 fully saturated rings. The van der Waals surface area contributed by atoms with E-state index in [1.807, 2.05) is 6.92 Å². The zero-order valence-corrected chi connectivity index (χ0v) is 16.4. The van der Waals surface area contributed by atoms with Crippen molar-refractivity contribution in [2.24, 2.45) is 28.6 Å². The van der Waals surface area contributed by atoms with Gasteiger partial charge in [0.05, 0.1) is 25.6 Å². The minimum absolute atomic E-state index is 0.0357. The van der Waals surface area contributed by atoms with Crippen molar-refractivity contribution in [3.63, 3.8) is 0 Å². The molecule has 0 N–H and O–H groups in total. The van der Waals surface area contributed by atoms with Crippen molar-refractivity contribution in [3.05, 3.63) is 36.3 Å². The number of methoxy groups -OCH3 is 2. The van der Waals surface area contributed by atoms with Crippen molar-refractivity contribution >= 4 is 17.9 Å². The van der Waals surface area contributed by atoms with E-state index in [4.69, 9.17) is 18.9 Å². The number of carbonyl (C=O) groups is 3. The average Bonchev–Trinajstić information content (AvgIpc) is 2.79. The van der Waals surface area contributed by atoms with E-state index in [9.17, 15) is 14.4 Å². The van der Waals surface area contributed by atoms with Crippen LogP contribution in [0.25, 0.3) is 0 Å². The van der Waals surface area contributed by atoms with Crippen LogP contribution in [0.15, 0.2) is 36.3 Å². The van der Waals surface area contributed by atoms with Crippen LogP contribution in [0.5, 0.6) is 0 Å². The Morgan fingerprint density at radius 1 is 1.29 bits per heavy atom. The molecule has 1 saturated heterocycles. The van der Waals surface area contributed by atoms with Gasteiger partial charge >= 0.3 is 17.9 Å². The molecule has 5 aliphatic rings. The van der Waals surface area contributed by atoms with Crippen LogP contribution in [0.4, 0.5) is 0 Å². The number of ether oxygens (including phenoxy) is 4. The van der Waals surface area contributed by atoms with E-state index in [-0.39, 0.29) is 5.95 Å². The van der Waals surface area contributed by atoms with Gasteiger partial charge in [0.15, 0.2) is 5.60 Å². The van der Waals surface area contributed by atoms with Gasteiger partial charge in [-0.05, 0) is 19.8 Å². The van der Waals surface area contributed by atoms with Gasteiger partial charge in [0.1, 0.15) is 5.92 Å². The van der Waals surface area contributed by atoms with E-state index < -0.39 is 52.1 Å². The van der Waals surface area contributed by atoms with E-state index in [2.05, 4.69) is 6.58 Å². The number of fused-ring (bicyclic) bond motifs is 1. The van der Waals surface area contributed by atoms with Gasteiger partial charge in [0, 0.05) is 23.0 Å². The maximum atomic E-state index is 13.2. The average molecular weight is 388 g/mol. The largest absolute Gasteiger partial charge is 0.469 e. The van der Waals surface area contributed by atoms with Crippen molar-refractivity contribution in [1.82, 2.24) is 0 Å². The molecule has 3 heterocycles. The van der Waals surface area contributed by atoms with Crippen LogP contribution >= 0.6 is 0 Å². The topological polar surface area (TPSA) is 88.1 Å². The van der Waals surface area contributed by atoms with Gasteiger partial charge in [0.25, 0.3) is 5.95 Å². The Labute approximate surface area is 163 Å². The second-order valence-electron chi connectivity index (χ2n) is 8.41. The van der Waals surface area contributed by atoms with Gasteiger partial charge in [-0.1, -0.05) is 19.1 Å². The smallest absolute Gasteiger partial charge is 0.322 e. The molecule has 2 aliphatic carbocycles. The molecule has 2 bridgehead atoms. The summed E-state index contributed by atoms with van der Waals surface area (Å²) in [6, 6.07) is 0. The maximum Gasteiger partial charge on any atom is 0.322 e. The minimum atomic E-state index is -1.34. The molecule has 7 nitrogen and oxygen atoms in total. The molecule has 28 heavy (non-hydrogen) atoms. The standard InChI is InChI=1S/C21H24O7/c1-6-19(2)8-7-13-20(3,18(24)26-5)12-9-11-10-14(25-4)27-17(23)15(19)21(11,13)28-16(12)22/h6,9-10,12-13,15H,1,7-8H2,2-5H3/t12-,13+,15+,19?,20-,21-/m1/s1. The van der Waals surface area contributed by atoms with Crippen LogP contribution in [-0.4, -0.2) is 37.7 Å². The molecule has 5 rings (SSSR count). The van der Waals surface area contributed by atoms with Crippen molar-refractivity contribution in [3.8, 4) is 0 Å². The summed E-state index contributed by atoms with van der Waals surface area (Å²) in [5.41, 5.74) is -2.54. The monoisotopic (exact) mass is 388 g/mol. The van der Waals surface area contributed by atoms with E-state index >= 15 is 0 Å². The molecule has 0 aromatic heterocycles. The summed E-state index contributed by atoms with van der Waals surface area (Å²) in [6.07, 6.45) is 6.17. The van der Waals surface area contributed by atoms with E-state index in [1.54, 1.807) is 25.2 Å². The van der Waals surface area contributed by atoms with E-state index in [0.717, 1.165) is 0 Å². The van der Waals surface area contributed by atoms with Gasteiger partial charge < -0.3 is 18.9 Å². The Morgan fingerprint density at radius 2 is 2.00 bits per heavy atom. The quantitative estimate of drug-likeness (QED) is 0.416. The lowest BCUT2D eigenvalue weighted by atomic mass is 9.43. The summed E-state index contributed by atoms with van der Waals surface area (Å²) in [5.74, 6) is -3.65. The molecule has 150 valence electrons. The molecule has 0 aromatic rings. The molecular formula is C21H24O7. The third-order valence-electron chi connectivity index (χ3n) is 7.27. The Morgan fingerprint density at radius 3 is 2.61 bits per heavy atom. The van der Waals surface area contributed by atoms with Crippen molar-refractivity contribution in [2.75, 3.05) is 14.2 Å². The number of cyclic esters (lactones) is 1. The zero-order chi connectivity index (χ0) is 20.5. The van der Waals surface area contributed by atoms with E-state index in [1.165, 1.54) is 14.2 Å². The lowest BCUT2D eigenvalue weighted by Crippen LogP contribution is -2.72. The Hall–Kier alpha value is -2.57. The summed E-state index contributed by atoms with van der Waals surface area (Å²) in [4.78, 5) is 39.1. The first-order valence-corrected chi connectivity index (χ1v) is 9.33. The zero-order valence-electron chi connectivity index (χ0n) is 16.4. The SMILES string of the molecule is C=CC1(C)CC[C@H]2[C@](C)(C(=O)OC)[C@@H]3C=C4C=C(OC)OC(=O)[C@@H]1[C@@]42OC3=O. The summed E-state index contributed by atoms with van der Waals surface area (Å²) in [7, 11) is 2.71. The van der Waals surface area contributed by atoms with Crippen LogP contribution in [0, 0.1) is 28.6 Å². The highest BCUT2D eigenvalue weighted by molar-refractivity contribution is 5.92. The molecule has 6 atom stereocenters. The number of allylic oxidation sites excluding steroid dienone is 1. The molecule has 1 saturated carbocycles. The first-order chi connectivity index (χ1) is 13.2. The molecule has 0 amide bonds. The lowest BCUT2D eigenvalue weighted by Gasteiger charge is -2.63. The third kappa shape index (κ3) is 1.97. The lowest BCUT2D eigenvalue weighted by molar-refractivity contribution is -0.239. The second kappa shape index (κ2) is 5.72. The van der Waals surface area contributed by atoms with Crippen LogP contribution in [-0.2, 0) is 33.3 Å². The van der Waals surface area contributed by atoms with Crippen molar-refractivity contribution in [1.29, 1.82) is 0 Å². The second-order valence-corrected chi connectivity index (χ2v) is 8.41. The van der Waals surface area contributed by atoms with Crippen LogP contribution in [0.1, 0.15) is 26.7 Å². The molecule has 3 aliphatic heterocycles. The van der Waals surface area contributed by atoms with Gasteiger partial charge in [-0.25, -0.2) is 0 Å². The highest BCUT2D eigenvalue weighted by Crippen LogP contribution is 2.67. The molecule has 7 heteroatoms. The Balaban J connectivity index is 2.05. The molecular weight excluding hydrogens is 364 g/mol. The highest BCUT2D eigenvalue weighted by atomic mass is 16.7. The summed E-state index contributed by atoms with van der Waals surface area (Å²) in [5, 5.41) is 0. The normalized spacial score (nSPS) is 43.5. The molecule has 0 aromatic carbocycles. The summed E-state index contributed by atoms with van der Waals surface area (Å²) >= 11 is 0. The first-order valence-electron chi connectivity index (χ1n) is 9.33. The van der Waals surface area contributed by atoms with Gasteiger partial charge in [-0.2, -0.15) is 0 Å². The third-order valence-corrected chi connectivity index (χ3v) is 7.27. The molecule has 0 radical (unpaired) electrons. The predicted octanol–water partition coefficient (Wildman–Crippen LogP) is 2.28. The van der Waals surface area contributed by atoms with E-state index in [0.29, 0.717) is 18.4 Å². The number of hydrogen-bond donors (Lipinski definition) is 0. The fourth-order valence-electron chi connectivity index (χ4n) is 5.78. The Kier molecular flexibility index (Phi) is 3.83. The van der Waals surface area contributed by atoms with Crippen LogP contribution < -0.4 is 0 Å². The summed E-state index contributed by atoms with van der Waals surface area (Å²) < 4.78 is 21.8. The molecule has 1 unspecified atom stereocenters. The Bertz CT molecular complexity index is 855. The first kappa shape index (κ1) is 18.8. The van der Waals surface area contributed by atoms with Gasteiger partial charge in [-0.3, -0.25) is 14.4 Å². The van der Waals surface area contributed by atoms with Gasteiger partial charge in [0.2, 0.25) is 0 Å². The highest BCUT2D eigenvalue weighted by Gasteiger charge is 2.76. The number of rotatable bonds is 3. The van der Waals surface area contributed by atoms with Crippen LogP contribution in [0.2, 0.25) is 0 Å². The fourth-order valence-corrected chi connectivity index (χ4v) is 5.78. The number of esters is 3. The van der Waals surface area contributed by atoms with Crippen molar-refractivity contribution in [2.45, 2.75) is 32.3 Å². The minimum Gasteiger partial charge on any atom is -0.469 e. The summed E-state index contributed by atoms with van der Waals surface area (Å²) in [6.45, 7) is 7.55. The van der Waals surface area contributed by atoms with Crippen LogP contribution in [0.3, 0.4) is 0 Å².